The number of ether oxygens (including phenoxy) is 1. The van der Waals surface area contributed by atoms with Crippen molar-refractivity contribution in [2.75, 3.05) is 14.1 Å². The zero-order chi connectivity index (χ0) is 10.8. The number of H-pyrrole nitrogens is 1. The largest absolute Gasteiger partial charge is 0.471 e. The van der Waals surface area contributed by atoms with Crippen LogP contribution in [0.25, 0.3) is 0 Å². The predicted molar refractivity (Wildman–Crippen MR) is 57.1 cm³/mol. The molecule has 0 bridgehead atoms. The molecule has 82 valence electrons. The molecule has 0 spiro atoms. The lowest BCUT2D eigenvalue weighted by molar-refractivity contribution is 0.150. The number of halogens is 1. The number of nitrogens with zero attached hydrogens (tertiary/aromatic N) is 2. The minimum Gasteiger partial charge on any atom is -0.471 e. The first-order valence-electron chi connectivity index (χ1n) is 4.62. The number of rotatable bonds is 3. The summed E-state index contributed by atoms with van der Waals surface area (Å²) in [5.41, 5.74) is 1.59. The van der Waals surface area contributed by atoms with E-state index < -0.39 is 0 Å². The van der Waals surface area contributed by atoms with Gasteiger partial charge >= 0.3 is 0 Å². The quantitative estimate of drug-likeness (QED) is 0.817. The second-order valence-electron chi connectivity index (χ2n) is 3.62. The van der Waals surface area contributed by atoms with Gasteiger partial charge in [-0.3, -0.25) is 5.10 Å². The van der Waals surface area contributed by atoms with Crippen LogP contribution in [0.15, 0.2) is 12.5 Å². The Morgan fingerprint density at radius 3 is 3.00 bits per heavy atom. The Labute approximate surface area is 93.0 Å². The Morgan fingerprint density at radius 2 is 2.40 bits per heavy atom. The lowest BCUT2D eigenvalue weighted by atomic mass is 10.3. The summed E-state index contributed by atoms with van der Waals surface area (Å²) in [6.07, 6.45) is 3.03. The summed E-state index contributed by atoms with van der Waals surface area (Å²) in [7, 11) is 3.95. The smallest absolute Gasteiger partial charge is 0.215 e. The van der Waals surface area contributed by atoms with Crippen LogP contribution in [0.2, 0.25) is 5.02 Å². The third-order valence-electron chi connectivity index (χ3n) is 2.05. The highest BCUT2D eigenvalue weighted by atomic mass is 35.5. The van der Waals surface area contributed by atoms with Gasteiger partial charge in [0.2, 0.25) is 6.23 Å². The van der Waals surface area contributed by atoms with Gasteiger partial charge in [0.1, 0.15) is 12.0 Å². The highest BCUT2D eigenvalue weighted by Crippen LogP contribution is 2.27. The van der Waals surface area contributed by atoms with Crippen molar-refractivity contribution in [3.8, 4) is 0 Å². The molecule has 1 aromatic rings. The molecule has 2 rings (SSSR count). The van der Waals surface area contributed by atoms with Crippen molar-refractivity contribution in [3.63, 3.8) is 0 Å². The van der Waals surface area contributed by atoms with Gasteiger partial charge in [-0.1, -0.05) is 11.6 Å². The molecule has 0 saturated heterocycles. The number of nitrogens with one attached hydrogen (secondary N) is 2. The molecular formula is C9H13ClN4O. The van der Waals surface area contributed by atoms with E-state index >= 15 is 0 Å². The van der Waals surface area contributed by atoms with Crippen LogP contribution >= 0.6 is 11.6 Å². The maximum Gasteiger partial charge on any atom is 0.215 e. The molecule has 0 amide bonds. The van der Waals surface area contributed by atoms with Crippen molar-refractivity contribution in [2.45, 2.75) is 12.8 Å². The van der Waals surface area contributed by atoms with Crippen LogP contribution in [0.1, 0.15) is 17.6 Å². The summed E-state index contributed by atoms with van der Waals surface area (Å²) in [6.45, 7) is 0.728. The Hall–Kier alpha value is -1.20. The van der Waals surface area contributed by atoms with Gasteiger partial charge in [0, 0.05) is 12.7 Å². The van der Waals surface area contributed by atoms with Crippen LogP contribution in [-0.4, -0.2) is 29.2 Å². The lowest BCUT2D eigenvalue weighted by Gasteiger charge is -2.09. The molecule has 0 aromatic carbocycles. The fourth-order valence-electron chi connectivity index (χ4n) is 1.40. The highest BCUT2D eigenvalue weighted by molar-refractivity contribution is 6.31. The third-order valence-corrected chi connectivity index (χ3v) is 2.48. The van der Waals surface area contributed by atoms with Gasteiger partial charge in [-0.25, -0.2) is 0 Å². The van der Waals surface area contributed by atoms with Gasteiger partial charge < -0.3 is 15.0 Å². The number of aromatic nitrogens is 2. The second-order valence-corrected chi connectivity index (χ2v) is 4.00. The molecule has 2 heterocycles. The van der Waals surface area contributed by atoms with E-state index in [-0.39, 0.29) is 6.23 Å². The van der Waals surface area contributed by atoms with E-state index in [9.17, 15) is 0 Å². The summed E-state index contributed by atoms with van der Waals surface area (Å²) in [4.78, 5) is 2.02. The van der Waals surface area contributed by atoms with Crippen LogP contribution in [0.5, 0.6) is 0 Å². The number of hydrogen-bond acceptors (Lipinski definition) is 4. The number of hydrogen-bond donors (Lipinski definition) is 2. The maximum atomic E-state index is 6.18. The van der Waals surface area contributed by atoms with Crippen molar-refractivity contribution in [1.82, 2.24) is 20.4 Å². The first-order valence-corrected chi connectivity index (χ1v) is 5.00. The summed E-state index contributed by atoms with van der Waals surface area (Å²) in [5.74, 6) is 0. The molecule has 15 heavy (non-hydrogen) atoms. The Kier molecular flexibility index (Phi) is 2.83. The van der Waals surface area contributed by atoms with Crippen molar-refractivity contribution >= 4 is 11.6 Å². The first-order chi connectivity index (χ1) is 7.18. The van der Waals surface area contributed by atoms with E-state index in [2.05, 4.69) is 15.5 Å². The van der Waals surface area contributed by atoms with E-state index in [0.29, 0.717) is 10.7 Å². The van der Waals surface area contributed by atoms with Crippen molar-refractivity contribution < 1.29 is 4.74 Å². The molecule has 1 atom stereocenters. The van der Waals surface area contributed by atoms with E-state index in [4.69, 9.17) is 16.3 Å². The zero-order valence-corrected chi connectivity index (χ0v) is 9.38. The van der Waals surface area contributed by atoms with Gasteiger partial charge in [-0.2, -0.15) is 5.10 Å². The Bertz CT molecular complexity index is 366. The topological polar surface area (TPSA) is 53.2 Å². The molecule has 5 nitrogen and oxygen atoms in total. The van der Waals surface area contributed by atoms with Gasteiger partial charge in [0.05, 0.1) is 10.7 Å². The third kappa shape index (κ3) is 2.08. The molecule has 1 aliphatic rings. The Balaban J connectivity index is 2.16. The van der Waals surface area contributed by atoms with Gasteiger partial charge in [0.25, 0.3) is 0 Å². The molecule has 0 aliphatic carbocycles. The van der Waals surface area contributed by atoms with E-state index in [1.165, 1.54) is 0 Å². The highest BCUT2D eigenvalue weighted by Gasteiger charge is 2.22. The van der Waals surface area contributed by atoms with Gasteiger partial charge in [-0.15, -0.1) is 0 Å². The van der Waals surface area contributed by atoms with E-state index in [1.54, 1.807) is 12.5 Å². The van der Waals surface area contributed by atoms with Gasteiger partial charge in [-0.05, 0) is 14.1 Å². The minimum atomic E-state index is -0.273. The summed E-state index contributed by atoms with van der Waals surface area (Å²) < 4.78 is 5.27. The van der Waals surface area contributed by atoms with Crippen molar-refractivity contribution in [3.05, 3.63) is 28.9 Å². The summed E-state index contributed by atoms with van der Waals surface area (Å²) in [5, 5.41) is 10.7. The lowest BCUT2D eigenvalue weighted by Crippen LogP contribution is -2.13. The monoisotopic (exact) mass is 228 g/mol. The molecule has 0 saturated carbocycles. The van der Waals surface area contributed by atoms with E-state index in [0.717, 1.165) is 12.2 Å². The van der Waals surface area contributed by atoms with Crippen LogP contribution < -0.4 is 5.32 Å². The molecule has 1 aliphatic heterocycles. The first kappa shape index (κ1) is 10.3. The average molecular weight is 229 g/mol. The molecule has 1 aromatic heterocycles. The van der Waals surface area contributed by atoms with Crippen molar-refractivity contribution in [2.24, 2.45) is 0 Å². The fourth-order valence-corrected chi connectivity index (χ4v) is 1.65. The second kappa shape index (κ2) is 4.12. The van der Waals surface area contributed by atoms with Crippen LogP contribution in [0.3, 0.4) is 0 Å². The summed E-state index contributed by atoms with van der Waals surface area (Å²) in [6, 6.07) is 0. The molecule has 0 radical (unpaired) electrons. The molecular weight excluding hydrogens is 216 g/mol. The molecule has 0 fully saturated rings. The zero-order valence-electron chi connectivity index (χ0n) is 8.62. The van der Waals surface area contributed by atoms with Crippen LogP contribution in [0, 0.1) is 0 Å². The van der Waals surface area contributed by atoms with Crippen molar-refractivity contribution in [1.29, 1.82) is 0 Å². The maximum absolute atomic E-state index is 6.18. The average Bonchev–Trinajstić information content (AvgIpc) is 2.76. The molecule has 6 heteroatoms. The molecule has 2 N–H and O–H groups in total. The molecule has 1 unspecified atom stereocenters. The SMILES string of the molecule is CN(C)Cc1[nH]nc(C2NC=CO2)c1Cl. The normalized spacial score (nSPS) is 19.3. The number of aromatic amines is 1. The van der Waals surface area contributed by atoms with Crippen LogP contribution in [-0.2, 0) is 11.3 Å². The Morgan fingerprint density at radius 1 is 1.60 bits per heavy atom. The predicted octanol–water partition coefficient (Wildman–Crippen LogP) is 1.21. The standard InChI is InChI=1S/C9H13ClN4O/c1-14(2)5-6-7(10)8(13-12-6)9-11-3-4-15-9/h3-4,9,11H,5H2,1-2H3,(H,12,13). The summed E-state index contributed by atoms with van der Waals surface area (Å²) >= 11 is 6.18. The fraction of sp³-hybridized carbons (Fsp3) is 0.444. The van der Waals surface area contributed by atoms with Crippen LogP contribution in [0.4, 0.5) is 0 Å². The van der Waals surface area contributed by atoms with E-state index in [1.807, 2.05) is 19.0 Å². The van der Waals surface area contributed by atoms with Gasteiger partial charge in [0.15, 0.2) is 0 Å². The minimum absolute atomic E-state index is 0.273.